The van der Waals surface area contributed by atoms with Gasteiger partial charge in [0.15, 0.2) is 0 Å². The molecule has 1 heterocycles. The predicted molar refractivity (Wildman–Crippen MR) is 70.4 cm³/mol. The molecule has 0 aliphatic rings. The molecule has 1 aromatic heterocycles. The Hall–Kier alpha value is -2.05. The van der Waals surface area contributed by atoms with E-state index in [0.29, 0.717) is 11.4 Å². The average molecular weight is 261 g/mol. The van der Waals surface area contributed by atoms with Gasteiger partial charge in [-0.3, -0.25) is 0 Å². The molecule has 0 aliphatic heterocycles. The molecule has 92 valence electrons. The molecule has 0 atom stereocenters. The molecule has 0 fully saturated rings. The van der Waals surface area contributed by atoms with E-state index in [1.165, 1.54) is 6.20 Å². The SMILES string of the molecule is NC(=S)c1ccnc(Oc2cccc(CO)c2)n1. The van der Waals surface area contributed by atoms with Crippen molar-refractivity contribution in [3.63, 3.8) is 0 Å². The Kier molecular flexibility index (Phi) is 3.81. The van der Waals surface area contributed by atoms with Crippen LogP contribution in [0.1, 0.15) is 11.3 Å². The predicted octanol–water partition coefficient (Wildman–Crippen LogP) is 1.40. The summed E-state index contributed by atoms with van der Waals surface area (Å²) in [6.07, 6.45) is 1.52. The summed E-state index contributed by atoms with van der Waals surface area (Å²) < 4.78 is 5.46. The number of nitrogens with zero attached hydrogens (tertiary/aromatic N) is 2. The van der Waals surface area contributed by atoms with E-state index in [1.807, 2.05) is 0 Å². The number of thiocarbonyl (C=S) groups is 1. The van der Waals surface area contributed by atoms with Gasteiger partial charge in [-0.05, 0) is 23.8 Å². The number of nitrogens with two attached hydrogens (primary N) is 1. The van der Waals surface area contributed by atoms with Gasteiger partial charge in [0.05, 0.1) is 6.61 Å². The third-order valence-electron chi connectivity index (χ3n) is 2.18. The molecule has 2 rings (SSSR count). The molecule has 0 spiro atoms. The monoisotopic (exact) mass is 261 g/mol. The van der Waals surface area contributed by atoms with E-state index in [1.54, 1.807) is 30.3 Å². The van der Waals surface area contributed by atoms with E-state index in [0.717, 1.165) is 5.56 Å². The molecule has 2 aromatic rings. The summed E-state index contributed by atoms with van der Waals surface area (Å²) in [6.45, 7) is -0.0506. The second-order valence-electron chi connectivity index (χ2n) is 3.50. The van der Waals surface area contributed by atoms with Crippen molar-refractivity contribution in [3.8, 4) is 11.8 Å². The lowest BCUT2D eigenvalue weighted by molar-refractivity contribution is 0.281. The number of benzene rings is 1. The summed E-state index contributed by atoms with van der Waals surface area (Å²) in [6, 6.07) is 8.79. The molecular formula is C12H11N3O2S. The number of hydrogen-bond acceptors (Lipinski definition) is 5. The van der Waals surface area contributed by atoms with Crippen LogP contribution in [0.15, 0.2) is 36.5 Å². The van der Waals surface area contributed by atoms with Crippen LogP contribution in [0.3, 0.4) is 0 Å². The zero-order valence-corrected chi connectivity index (χ0v) is 10.2. The van der Waals surface area contributed by atoms with Gasteiger partial charge in [-0.15, -0.1) is 0 Å². The topological polar surface area (TPSA) is 81.3 Å². The Bertz CT molecular complexity index is 575. The van der Waals surface area contributed by atoms with Crippen LogP contribution in [0.2, 0.25) is 0 Å². The number of rotatable bonds is 4. The van der Waals surface area contributed by atoms with Gasteiger partial charge in [-0.2, -0.15) is 4.98 Å². The number of hydrogen-bond donors (Lipinski definition) is 2. The van der Waals surface area contributed by atoms with Crippen LogP contribution in [0.5, 0.6) is 11.8 Å². The van der Waals surface area contributed by atoms with Crippen molar-refractivity contribution in [2.45, 2.75) is 6.61 Å². The lowest BCUT2D eigenvalue weighted by Crippen LogP contribution is -2.12. The highest BCUT2D eigenvalue weighted by atomic mass is 32.1. The minimum Gasteiger partial charge on any atom is -0.424 e. The van der Waals surface area contributed by atoms with Crippen LogP contribution in [0.4, 0.5) is 0 Å². The number of aromatic nitrogens is 2. The third kappa shape index (κ3) is 2.99. The van der Waals surface area contributed by atoms with Crippen LogP contribution in [-0.2, 0) is 6.61 Å². The van der Waals surface area contributed by atoms with Crippen molar-refractivity contribution in [2.24, 2.45) is 5.73 Å². The molecule has 5 nitrogen and oxygen atoms in total. The van der Waals surface area contributed by atoms with Crippen LogP contribution in [0.25, 0.3) is 0 Å². The Labute approximate surface area is 109 Å². The Morgan fingerprint density at radius 3 is 2.94 bits per heavy atom. The molecule has 6 heteroatoms. The largest absolute Gasteiger partial charge is 0.424 e. The summed E-state index contributed by atoms with van der Waals surface area (Å²) in [5, 5.41) is 9.02. The Balaban J connectivity index is 2.22. The van der Waals surface area contributed by atoms with Crippen LogP contribution in [0, 0.1) is 0 Å². The summed E-state index contributed by atoms with van der Waals surface area (Å²) in [5.41, 5.74) is 6.67. The van der Waals surface area contributed by atoms with E-state index in [2.05, 4.69) is 9.97 Å². The molecule has 0 aliphatic carbocycles. The minimum atomic E-state index is -0.0506. The lowest BCUT2D eigenvalue weighted by Gasteiger charge is -2.05. The Morgan fingerprint density at radius 2 is 2.22 bits per heavy atom. The number of aliphatic hydroxyl groups is 1. The fourth-order valence-electron chi connectivity index (χ4n) is 1.34. The van der Waals surface area contributed by atoms with Crippen molar-refractivity contribution in [3.05, 3.63) is 47.8 Å². The first-order valence-corrected chi connectivity index (χ1v) is 5.60. The van der Waals surface area contributed by atoms with Crippen LogP contribution >= 0.6 is 12.2 Å². The third-order valence-corrected chi connectivity index (χ3v) is 2.39. The molecule has 0 amide bonds. The van der Waals surface area contributed by atoms with Gasteiger partial charge in [0.25, 0.3) is 0 Å². The number of aliphatic hydroxyl groups excluding tert-OH is 1. The molecule has 0 unspecified atom stereocenters. The van der Waals surface area contributed by atoms with Crippen molar-refractivity contribution < 1.29 is 9.84 Å². The molecule has 0 saturated carbocycles. The van der Waals surface area contributed by atoms with Gasteiger partial charge >= 0.3 is 6.01 Å². The second-order valence-corrected chi connectivity index (χ2v) is 3.94. The maximum absolute atomic E-state index is 9.02. The first-order valence-electron chi connectivity index (χ1n) is 5.19. The number of ether oxygens (including phenoxy) is 1. The summed E-state index contributed by atoms with van der Waals surface area (Å²) in [5.74, 6) is 0.543. The summed E-state index contributed by atoms with van der Waals surface area (Å²) in [7, 11) is 0. The van der Waals surface area contributed by atoms with E-state index in [9.17, 15) is 0 Å². The molecule has 3 N–H and O–H groups in total. The van der Waals surface area contributed by atoms with Gasteiger partial charge < -0.3 is 15.6 Å². The first kappa shape index (κ1) is 12.4. The maximum atomic E-state index is 9.02. The van der Waals surface area contributed by atoms with Crippen molar-refractivity contribution in [1.82, 2.24) is 9.97 Å². The molecule has 1 aromatic carbocycles. The van der Waals surface area contributed by atoms with Crippen LogP contribution in [-0.4, -0.2) is 20.1 Å². The standard InChI is InChI=1S/C12H11N3O2S/c13-11(18)10-4-5-14-12(15-10)17-9-3-1-2-8(6-9)7-16/h1-6,16H,7H2,(H2,13,18). The Morgan fingerprint density at radius 1 is 1.39 bits per heavy atom. The summed E-state index contributed by atoms with van der Waals surface area (Å²) in [4.78, 5) is 8.21. The van der Waals surface area contributed by atoms with Crippen LogP contribution < -0.4 is 10.5 Å². The highest BCUT2D eigenvalue weighted by molar-refractivity contribution is 7.80. The van der Waals surface area contributed by atoms with Crippen molar-refractivity contribution >= 4 is 17.2 Å². The molecule has 0 saturated heterocycles. The highest BCUT2D eigenvalue weighted by Gasteiger charge is 2.04. The van der Waals surface area contributed by atoms with Gasteiger partial charge in [-0.1, -0.05) is 24.4 Å². The second kappa shape index (κ2) is 5.52. The van der Waals surface area contributed by atoms with Crippen molar-refractivity contribution in [2.75, 3.05) is 0 Å². The maximum Gasteiger partial charge on any atom is 0.322 e. The van der Waals surface area contributed by atoms with E-state index in [-0.39, 0.29) is 17.6 Å². The van der Waals surface area contributed by atoms with Gasteiger partial charge in [0.1, 0.15) is 16.4 Å². The summed E-state index contributed by atoms with van der Waals surface area (Å²) >= 11 is 4.82. The fraction of sp³-hybridized carbons (Fsp3) is 0.0833. The normalized spacial score (nSPS) is 10.1. The van der Waals surface area contributed by atoms with E-state index >= 15 is 0 Å². The van der Waals surface area contributed by atoms with Crippen molar-refractivity contribution in [1.29, 1.82) is 0 Å². The fourth-order valence-corrected chi connectivity index (χ4v) is 1.45. The lowest BCUT2D eigenvalue weighted by atomic mass is 10.2. The zero-order chi connectivity index (χ0) is 13.0. The minimum absolute atomic E-state index is 0.0506. The molecule has 0 radical (unpaired) electrons. The average Bonchev–Trinajstić information content (AvgIpc) is 2.39. The quantitative estimate of drug-likeness (QED) is 0.810. The van der Waals surface area contributed by atoms with E-state index < -0.39 is 0 Å². The highest BCUT2D eigenvalue weighted by Crippen LogP contribution is 2.19. The van der Waals surface area contributed by atoms with E-state index in [4.69, 9.17) is 27.8 Å². The molecule has 0 bridgehead atoms. The van der Waals surface area contributed by atoms with Gasteiger partial charge in [0, 0.05) is 6.20 Å². The molecule has 18 heavy (non-hydrogen) atoms. The molecular weight excluding hydrogens is 250 g/mol. The zero-order valence-electron chi connectivity index (χ0n) is 9.41. The first-order chi connectivity index (χ1) is 8.69. The van der Waals surface area contributed by atoms with Gasteiger partial charge in [0.2, 0.25) is 0 Å². The van der Waals surface area contributed by atoms with Gasteiger partial charge in [-0.25, -0.2) is 4.98 Å². The smallest absolute Gasteiger partial charge is 0.322 e.